The summed E-state index contributed by atoms with van der Waals surface area (Å²) in [5.41, 5.74) is -9.23. The highest BCUT2D eigenvalue weighted by molar-refractivity contribution is 5.75. The smallest absolute Gasteiger partial charge is 0.460 e. The van der Waals surface area contributed by atoms with Gasteiger partial charge < -0.3 is 19.3 Å². The van der Waals surface area contributed by atoms with E-state index in [2.05, 4.69) is 29.4 Å². The van der Waals surface area contributed by atoms with Gasteiger partial charge in [-0.2, -0.15) is 89.0 Å². The maximum atomic E-state index is 17.0. The van der Waals surface area contributed by atoms with Crippen LogP contribution in [0.25, 0.3) is 33.9 Å². The molecule has 0 spiro atoms. The van der Waals surface area contributed by atoms with Crippen molar-refractivity contribution in [3.63, 3.8) is 0 Å². The van der Waals surface area contributed by atoms with E-state index in [0.717, 1.165) is 128 Å². The summed E-state index contributed by atoms with van der Waals surface area (Å²) in [5, 5.41) is 0. The Hall–Kier alpha value is -6.02. The van der Waals surface area contributed by atoms with Crippen LogP contribution in [0.4, 0.5) is 126 Å². The highest BCUT2D eigenvalue weighted by Gasteiger charge is 2.82. The molecule has 0 amide bonds. The first kappa shape index (κ1) is 84.4. The van der Waals surface area contributed by atoms with Gasteiger partial charge in [0.2, 0.25) is 11.8 Å². The molecular weight excluding hydrogens is 1380 g/mol. The molecule has 0 saturated heterocycles. The lowest BCUT2D eigenvalue weighted by molar-refractivity contribution is -0.397. The summed E-state index contributed by atoms with van der Waals surface area (Å²) in [7, 11) is 0. The molecule has 34 heteroatoms. The Bertz CT molecular complexity index is 2930. The summed E-state index contributed by atoms with van der Waals surface area (Å²) in [6, 6.07) is 1.38. The van der Waals surface area contributed by atoms with Crippen molar-refractivity contribution in [3.05, 3.63) is 58.7 Å². The summed E-state index contributed by atoms with van der Waals surface area (Å²) in [6.07, 6.45) is -0.279. The second kappa shape index (κ2) is 36.5. The van der Waals surface area contributed by atoms with Crippen LogP contribution in [0, 0.1) is 46.5 Å². The van der Waals surface area contributed by atoms with Crippen LogP contribution in [0.5, 0.6) is 11.8 Å². The predicted octanol–water partition coefficient (Wildman–Crippen LogP) is 22.9. The van der Waals surface area contributed by atoms with Gasteiger partial charge in [0.15, 0.2) is 58.2 Å². The summed E-state index contributed by atoms with van der Waals surface area (Å²) in [5.74, 6) is -71.8. The van der Waals surface area contributed by atoms with Gasteiger partial charge in [0.1, 0.15) is 11.6 Å². The van der Waals surface area contributed by atoms with E-state index in [-0.39, 0.29) is 17.7 Å². The molecule has 2 heterocycles. The fourth-order valence-corrected chi connectivity index (χ4v) is 10.3. The predicted molar refractivity (Wildman–Crippen MR) is 314 cm³/mol. The Labute approximate surface area is 550 Å². The van der Waals surface area contributed by atoms with Crippen molar-refractivity contribution >= 4 is 11.6 Å². The van der Waals surface area contributed by atoms with Gasteiger partial charge in [-0.1, -0.05) is 156 Å². The van der Waals surface area contributed by atoms with Crippen molar-refractivity contribution in [2.24, 2.45) is 0 Å². The lowest BCUT2D eigenvalue weighted by atomic mass is 9.97. The van der Waals surface area contributed by atoms with E-state index in [1.54, 1.807) is 6.07 Å². The van der Waals surface area contributed by atoms with Crippen LogP contribution in [0.1, 0.15) is 195 Å². The van der Waals surface area contributed by atoms with E-state index >= 15 is 35.1 Å². The minimum atomic E-state index is -7.50. The molecule has 0 aliphatic rings. The Balaban J connectivity index is 1.98. The van der Waals surface area contributed by atoms with E-state index in [1.165, 1.54) is 0 Å². The average molecular weight is 1460 g/mol. The number of aromatic nitrogens is 4. The van der Waals surface area contributed by atoms with E-state index in [1.807, 2.05) is 37.5 Å². The molecule has 2 aromatic carbocycles. The minimum absolute atomic E-state index is 0.0592. The number of unbranched alkanes of at least 4 members (excludes halogenated alkanes) is 20. The van der Waals surface area contributed by atoms with Gasteiger partial charge in [-0.15, -0.1) is 0 Å². The molecule has 0 bridgehead atoms. The lowest BCUT2D eigenvalue weighted by Crippen LogP contribution is -2.61. The number of hydrogen-bond donors (Lipinski definition) is 0. The highest BCUT2D eigenvalue weighted by atomic mass is 19.4. The molecular formula is C64H78F26N6O2. The van der Waals surface area contributed by atoms with Crippen molar-refractivity contribution in [1.29, 1.82) is 0 Å². The molecule has 4 rings (SSSR count). The third-order valence-electron chi connectivity index (χ3n) is 16.1. The molecule has 0 aliphatic heterocycles. The molecule has 0 saturated carbocycles. The van der Waals surface area contributed by atoms with Gasteiger partial charge in [-0.25, -0.2) is 45.1 Å². The summed E-state index contributed by atoms with van der Waals surface area (Å²) in [6.45, 7) is 4.87. The number of hydrogen-bond acceptors (Lipinski definition) is 8. The van der Waals surface area contributed by atoms with Crippen LogP contribution in [-0.2, 0) is 0 Å². The molecule has 0 atom stereocenters. The van der Waals surface area contributed by atoms with Crippen LogP contribution in [0.2, 0.25) is 0 Å². The summed E-state index contributed by atoms with van der Waals surface area (Å²) >= 11 is 0. The average Bonchev–Trinajstić information content (AvgIpc) is 0.869. The zero-order chi connectivity index (χ0) is 73.8. The molecule has 558 valence electrons. The number of benzene rings is 2. The van der Waals surface area contributed by atoms with E-state index in [9.17, 15) is 79.0 Å². The lowest BCUT2D eigenvalue weighted by Gasteiger charge is -2.33. The monoisotopic (exact) mass is 1460 g/mol. The van der Waals surface area contributed by atoms with Crippen molar-refractivity contribution < 1.29 is 124 Å². The Kier molecular flexibility index (Phi) is 31.5. The van der Waals surface area contributed by atoms with Crippen LogP contribution >= 0.6 is 0 Å². The maximum Gasteiger partial charge on any atom is 0.460 e. The van der Waals surface area contributed by atoms with Crippen LogP contribution in [0.15, 0.2) is 12.1 Å². The first-order valence-electron chi connectivity index (χ1n) is 32.3. The van der Waals surface area contributed by atoms with Crippen molar-refractivity contribution in [2.75, 3.05) is 49.2 Å². The first-order chi connectivity index (χ1) is 45.7. The molecule has 0 N–H and O–H groups in total. The van der Waals surface area contributed by atoms with Crippen LogP contribution in [0.3, 0.4) is 0 Å². The molecule has 2 aromatic heterocycles. The molecule has 98 heavy (non-hydrogen) atoms. The van der Waals surface area contributed by atoms with Gasteiger partial charge in [0.05, 0.1) is 54.4 Å². The number of anilines is 2. The minimum Gasteiger partial charge on any atom is -0.477 e. The fourth-order valence-electron chi connectivity index (χ4n) is 10.3. The largest absolute Gasteiger partial charge is 0.477 e. The zero-order valence-corrected chi connectivity index (χ0v) is 54.1. The molecule has 4 aromatic rings. The number of nitrogens with zero attached hydrogens (tertiary/aromatic N) is 6. The van der Waals surface area contributed by atoms with Gasteiger partial charge in [-0.05, 0) is 25.7 Å². The second-order valence-electron chi connectivity index (χ2n) is 23.7. The van der Waals surface area contributed by atoms with Crippen LogP contribution in [-0.4, -0.2) is 107 Å². The Morgan fingerprint density at radius 2 is 0.531 bits per heavy atom. The van der Waals surface area contributed by atoms with Crippen molar-refractivity contribution in [1.82, 2.24) is 19.9 Å². The molecule has 0 aliphatic carbocycles. The first-order valence-corrected chi connectivity index (χ1v) is 32.3. The quantitative estimate of drug-likeness (QED) is 0.0246. The zero-order valence-electron chi connectivity index (χ0n) is 54.1. The molecule has 8 nitrogen and oxygen atoms in total. The second-order valence-corrected chi connectivity index (χ2v) is 23.7. The normalized spacial score (nSPS) is 13.1. The number of ether oxygens (including phenoxy) is 2. The van der Waals surface area contributed by atoms with Crippen molar-refractivity contribution in [2.45, 2.75) is 243 Å². The molecule has 0 unspecified atom stereocenters. The van der Waals surface area contributed by atoms with Gasteiger partial charge in [-0.3, -0.25) is 0 Å². The number of alkyl halides is 18. The van der Waals surface area contributed by atoms with Crippen LogP contribution < -0.4 is 19.3 Å². The Morgan fingerprint density at radius 1 is 0.296 bits per heavy atom. The third kappa shape index (κ3) is 20.6. The summed E-state index contributed by atoms with van der Waals surface area (Å²) < 4.78 is 387. The topological polar surface area (TPSA) is 76.5 Å². The number of halogens is 26. The third-order valence-corrected chi connectivity index (χ3v) is 16.1. The SMILES string of the molecule is CCCCCCCCN(CCCCCCCC)c1cc(N(CCCCCCCC)CCCCCCCC)nc(-c2c(F)c(F)c(-c3c(F)c(F)c(-c4nc(OCCC(F)(F)C(F)(F)C(F)(F)C(F)(F)F)cc(OCCC(F)(F)C(F)(F)C(F)(F)C(F)(F)F)n4)c(F)c3F)c(F)c2F)n1. The van der Waals surface area contributed by atoms with E-state index < -0.39 is 166 Å². The van der Waals surface area contributed by atoms with E-state index in [0.29, 0.717) is 51.9 Å². The number of rotatable bonds is 45. The van der Waals surface area contributed by atoms with Gasteiger partial charge in [0, 0.05) is 32.2 Å². The van der Waals surface area contributed by atoms with E-state index in [4.69, 9.17) is 0 Å². The van der Waals surface area contributed by atoms with Gasteiger partial charge >= 0.3 is 47.9 Å². The van der Waals surface area contributed by atoms with Gasteiger partial charge in [0.25, 0.3) is 0 Å². The highest BCUT2D eigenvalue weighted by Crippen LogP contribution is 2.56. The van der Waals surface area contributed by atoms with Crippen molar-refractivity contribution in [3.8, 4) is 45.7 Å². The Morgan fingerprint density at radius 3 is 0.786 bits per heavy atom. The summed E-state index contributed by atoms with van der Waals surface area (Å²) in [4.78, 5) is 18.6. The molecule has 0 fully saturated rings. The maximum absolute atomic E-state index is 17.0. The molecule has 0 radical (unpaired) electrons. The standard InChI is InChI=1S/C64H78F26N6O2/c1-5-9-13-17-21-25-31-95(32-26-22-18-14-10-6-2)39-37-40(96(33-27-23-19-15-11-7-3)34-28-24-20-16-12-8-4)92-55(91-39)45-51(69)47(65)43(48(66)52(45)70)44-49(67)53(71)46(54(72)50(44)68)56-93-41(97-35-29-57(73,74)59(77,78)61(81,82)63(85,86)87)38-42(94-56)98-36-30-58(75,76)60(79,80)62(83,84)64(88,89)90/h37-38H,5-36H2,1-4H3. The fraction of sp³-hybridized carbons (Fsp3) is 0.688.